The van der Waals surface area contributed by atoms with Crippen molar-refractivity contribution in [2.45, 2.75) is 52.5 Å². The highest BCUT2D eigenvalue weighted by Gasteiger charge is 2.40. The van der Waals surface area contributed by atoms with Crippen LogP contribution in [-0.2, 0) is 9.53 Å². The smallest absolute Gasteiger partial charge is 0.234 e. The highest BCUT2D eigenvalue weighted by molar-refractivity contribution is 5.78. The second kappa shape index (κ2) is 6.02. The summed E-state index contributed by atoms with van der Waals surface area (Å²) < 4.78 is 5.32. The summed E-state index contributed by atoms with van der Waals surface area (Å²) in [7, 11) is 0. The standard InChI is InChI=1S/C16H30N2O2/c1-13-9-15(2,3)12-16(4,10-13)17-14(19)11-18-5-7-20-8-6-18/h13H,5-12H2,1-4H3,(H,17,19). The molecular weight excluding hydrogens is 252 g/mol. The van der Waals surface area contributed by atoms with E-state index in [9.17, 15) is 4.79 Å². The van der Waals surface area contributed by atoms with Gasteiger partial charge in [-0.15, -0.1) is 0 Å². The van der Waals surface area contributed by atoms with Gasteiger partial charge in [-0.2, -0.15) is 0 Å². The van der Waals surface area contributed by atoms with Crippen molar-refractivity contribution in [2.24, 2.45) is 11.3 Å². The molecule has 2 atom stereocenters. The average molecular weight is 282 g/mol. The summed E-state index contributed by atoms with van der Waals surface area (Å²) in [4.78, 5) is 14.5. The number of morpholine rings is 1. The molecule has 0 aromatic heterocycles. The third-order valence-electron chi connectivity index (χ3n) is 4.48. The van der Waals surface area contributed by atoms with Gasteiger partial charge in [0.15, 0.2) is 0 Å². The van der Waals surface area contributed by atoms with Crippen molar-refractivity contribution >= 4 is 5.91 Å². The maximum absolute atomic E-state index is 12.3. The lowest BCUT2D eigenvalue weighted by Gasteiger charge is -2.46. The van der Waals surface area contributed by atoms with Gasteiger partial charge in [-0.3, -0.25) is 9.69 Å². The maximum Gasteiger partial charge on any atom is 0.234 e. The summed E-state index contributed by atoms with van der Waals surface area (Å²) in [5.41, 5.74) is 0.267. The molecule has 1 aliphatic carbocycles. The third-order valence-corrected chi connectivity index (χ3v) is 4.48. The Morgan fingerprint density at radius 2 is 1.90 bits per heavy atom. The van der Waals surface area contributed by atoms with Crippen LogP contribution >= 0.6 is 0 Å². The first-order chi connectivity index (χ1) is 9.28. The highest BCUT2D eigenvalue weighted by atomic mass is 16.5. The quantitative estimate of drug-likeness (QED) is 0.861. The number of amides is 1. The van der Waals surface area contributed by atoms with Crippen LogP contribution < -0.4 is 5.32 Å². The normalized spacial score (nSPS) is 34.7. The molecule has 20 heavy (non-hydrogen) atoms. The summed E-state index contributed by atoms with van der Waals surface area (Å²) >= 11 is 0. The second-order valence-corrected chi connectivity index (χ2v) is 7.85. The number of nitrogens with one attached hydrogen (secondary N) is 1. The predicted molar refractivity (Wildman–Crippen MR) is 80.6 cm³/mol. The first-order valence-corrected chi connectivity index (χ1v) is 7.89. The van der Waals surface area contributed by atoms with Crippen LogP contribution in [-0.4, -0.2) is 49.2 Å². The van der Waals surface area contributed by atoms with E-state index in [0.717, 1.165) is 39.1 Å². The molecule has 2 rings (SSSR count). The van der Waals surface area contributed by atoms with Crippen LogP contribution in [0.1, 0.15) is 47.0 Å². The molecule has 1 saturated heterocycles. The molecule has 1 saturated carbocycles. The number of nitrogens with zero attached hydrogens (tertiary/aromatic N) is 1. The van der Waals surface area contributed by atoms with Gasteiger partial charge in [-0.05, 0) is 37.5 Å². The molecule has 2 fully saturated rings. The van der Waals surface area contributed by atoms with E-state index in [-0.39, 0.29) is 11.4 Å². The number of carbonyl (C=O) groups is 1. The van der Waals surface area contributed by atoms with E-state index in [2.05, 4.69) is 37.9 Å². The molecule has 2 aliphatic rings. The summed E-state index contributed by atoms with van der Waals surface area (Å²) in [6.07, 6.45) is 3.41. The predicted octanol–water partition coefficient (Wildman–Crippen LogP) is 2.04. The Balaban J connectivity index is 1.88. The van der Waals surface area contributed by atoms with Gasteiger partial charge in [0.2, 0.25) is 5.91 Å². The van der Waals surface area contributed by atoms with Crippen LogP contribution in [0.15, 0.2) is 0 Å². The zero-order chi connectivity index (χ0) is 14.8. The largest absolute Gasteiger partial charge is 0.379 e. The van der Waals surface area contributed by atoms with E-state index in [1.54, 1.807) is 0 Å². The van der Waals surface area contributed by atoms with Crippen molar-refractivity contribution in [1.29, 1.82) is 0 Å². The minimum Gasteiger partial charge on any atom is -0.379 e. The van der Waals surface area contributed by atoms with Crippen molar-refractivity contribution in [1.82, 2.24) is 10.2 Å². The molecule has 0 radical (unpaired) electrons. The van der Waals surface area contributed by atoms with Gasteiger partial charge < -0.3 is 10.1 Å². The zero-order valence-corrected chi connectivity index (χ0v) is 13.5. The Kier molecular flexibility index (Phi) is 4.75. The van der Waals surface area contributed by atoms with Crippen molar-refractivity contribution in [3.8, 4) is 0 Å². The van der Waals surface area contributed by atoms with Gasteiger partial charge in [0.25, 0.3) is 0 Å². The number of hydrogen-bond acceptors (Lipinski definition) is 3. The number of carbonyl (C=O) groups excluding carboxylic acids is 1. The molecule has 0 spiro atoms. The fraction of sp³-hybridized carbons (Fsp3) is 0.938. The Morgan fingerprint density at radius 3 is 2.50 bits per heavy atom. The maximum atomic E-state index is 12.3. The Labute approximate surface area is 123 Å². The lowest BCUT2D eigenvalue weighted by molar-refractivity contribution is -0.126. The van der Waals surface area contributed by atoms with Crippen LogP contribution in [0.5, 0.6) is 0 Å². The molecule has 0 aromatic carbocycles. The molecule has 116 valence electrons. The molecule has 0 bridgehead atoms. The molecule has 1 amide bonds. The van der Waals surface area contributed by atoms with Crippen molar-refractivity contribution in [2.75, 3.05) is 32.8 Å². The van der Waals surface area contributed by atoms with E-state index < -0.39 is 0 Å². The van der Waals surface area contributed by atoms with E-state index in [1.165, 1.54) is 6.42 Å². The van der Waals surface area contributed by atoms with Gasteiger partial charge in [0, 0.05) is 18.6 Å². The van der Waals surface area contributed by atoms with Gasteiger partial charge in [-0.25, -0.2) is 0 Å². The Hall–Kier alpha value is -0.610. The SMILES string of the molecule is CC1CC(C)(C)CC(C)(NC(=O)CN2CCOCC2)C1. The fourth-order valence-electron chi connectivity index (χ4n) is 4.42. The minimum absolute atomic E-state index is 0.0511. The zero-order valence-electron chi connectivity index (χ0n) is 13.5. The molecule has 1 N–H and O–H groups in total. The summed E-state index contributed by atoms with van der Waals surface area (Å²) in [6, 6.07) is 0. The van der Waals surface area contributed by atoms with Crippen molar-refractivity contribution in [3.63, 3.8) is 0 Å². The summed E-state index contributed by atoms with van der Waals surface area (Å²) in [6.45, 7) is 12.9. The molecule has 4 heteroatoms. The Bertz CT molecular complexity index is 350. The number of rotatable bonds is 3. The van der Waals surface area contributed by atoms with Gasteiger partial charge in [0.1, 0.15) is 0 Å². The molecule has 1 aliphatic heterocycles. The van der Waals surface area contributed by atoms with E-state index in [4.69, 9.17) is 4.74 Å². The summed E-state index contributed by atoms with van der Waals surface area (Å²) in [5.74, 6) is 0.840. The van der Waals surface area contributed by atoms with Gasteiger partial charge in [-0.1, -0.05) is 20.8 Å². The van der Waals surface area contributed by atoms with E-state index in [1.807, 2.05) is 0 Å². The first-order valence-electron chi connectivity index (χ1n) is 7.89. The van der Waals surface area contributed by atoms with Crippen molar-refractivity contribution < 1.29 is 9.53 Å². The average Bonchev–Trinajstić information content (AvgIpc) is 2.25. The lowest BCUT2D eigenvalue weighted by atomic mass is 9.65. The molecule has 2 unspecified atom stereocenters. The first kappa shape index (κ1) is 15.8. The van der Waals surface area contributed by atoms with Crippen LogP contribution in [0, 0.1) is 11.3 Å². The second-order valence-electron chi connectivity index (χ2n) is 7.85. The van der Waals surface area contributed by atoms with E-state index >= 15 is 0 Å². The monoisotopic (exact) mass is 282 g/mol. The topological polar surface area (TPSA) is 41.6 Å². The molecule has 0 aromatic rings. The molecule has 1 heterocycles. The van der Waals surface area contributed by atoms with Crippen LogP contribution in [0.4, 0.5) is 0 Å². The summed E-state index contributed by atoms with van der Waals surface area (Å²) in [5, 5.41) is 3.31. The van der Waals surface area contributed by atoms with Gasteiger partial charge >= 0.3 is 0 Å². The fourth-order valence-corrected chi connectivity index (χ4v) is 4.42. The minimum atomic E-state index is -0.0511. The Morgan fingerprint density at radius 1 is 1.25 bits per heavy atom. The lowest BCUT2D eigenvalue weighted by Crippen LogP contribution is -2.55. The molecule has 4 nitrogen and oxygen atoms in total. The third kappa shape index (κ3) is 4.45. The van der Waals surface area contributed by atoms with Crippen LogP contribution in [0.25, 0.3) is 0 Å². The van der Waals surface area contributed by atoms with Crippen LogP contribution in [0.2, 0.25) is 0 Å². The van der Waals surface area contributed by atoms with E-state index in [0.29, 0.717) is 17.9 Å². The number of ether oxygens (including phenoxy) is 1. The van der Waals surface area contributed by atoms with Gasteiger partial charge in [0.05, 0.1) is 19.8 Å². The van der Waals surface area contributed by atoms with Crippen molar-refractivity contribution in [3.05, 3.63) is 0 Å². The van der Waals surface area contributed by atoms with Crippen LogP contribution in [0.3, 0.4) is 0 Å². The number of hydrogen-bond donors (Lipinski definition) is 1. The molecular formula is C16H30N2O2. The highest BCUT2D eigenvalue weighted by Crippen LogP contribution is 2.43.